The Labute approximate surface area is 117 Å². The van der Waals surface area contributed by atoms with Gasteiger partial charge in [0.25, 0.3) is 5.69 Å². The van der Waals surface area contributed by atoms with Crippen molar-refractivity contribution in [1.82, 2.24) is 4.98 Å². The van der Waals surface area contributed by atoms with Crippen molar-refractivity contribution < 1.29 is 4.92 Å². The third-order valence-electron chi connectivity index (χ3n) is 2.24. The van der Waals surface area contributed by atoms with E-state index in [9.17, 15) is 10.1 Å². The van der Waals surface area contributed by atoms with E-state index in [1.54, 1.807) is 18.2 Å². The highest BCUT2D eigenvalue weighted by molar-refractivity contribution is 6.43. The van der Waals surface area contributed by atoms with Gasteiger partial charge in [-0.3, -0.25) is 10.1 Å². The fourth-order valence-electron chi connectivity index (χ4n) is 1.46. The van der Waals surface area contributed by atoms with Gasteiger partial charge in [0.1, 0.15) is 5.15 Å². The van der Waals surface area contributed by atoms with Crippen LogP contribution in [0.25, 0.3) is 11.3 Å². The molecule has 0 radical (unpaired) electrons. The van der Waals surface area contributed by atoms with Gasteiger partial charge in [-0.15, -0.1) is 0 Å². The van der Waals surface area contributed by atoms with Gasteiger partial charge < -0.3 is 0 Å². The second-order valence-electron chi connectivity index (χ2n) is 3.36. The number of aromatic nitrogens is 1. The van der Waals surface area contributed by atoms with Crippen LogP contribution in [-0.4, -0.2) is 9.91 Å². The van der Waals surface area contributed by atoms with Crippen molar-refractivity contribution in [3.63, 3.8) is 0 Å². The molecule has 0 unspecified atom stereocenters. The summed E-state index contributed by atoms with van der Waals surface area (Å²) in [5, 5.41) is 11.6. The number of halogens is 3. The molecule has 7 heteroatoms. The van der Waals surface area contributed by atoms with Crippen LogP contribution in [0.5, 0.6) is 0 Å². The van der Waals surface area contributed by atoms with Crippen LogP contribution in [0, 0.1) is 10.1 Å². The molecule has 0 saturated carbocycles. The number of pyridine rings is 1. The van der Waals surface area contributed by atoms with Crippen LogP contribution in [0.1, 0.15) is 0 Å². The van der Waals surface area contributed by atoms with E-state index in [0.717, 1.165) is 0 Å². The number of nitro groups is 1. The first-order valence-corrected chi connectivity index (χ1v) is 5.89. The summed E-state index contributed by atoms with van der Waals surface area (Å²) in [7, 11) is 0. The van der Waals surface area contributed by atoms with E-state index >= 15 is 0 Å². The summed E-state index contributed by atoms with van der Waals surface area (Å²) in [4.78, 5) is 14.4. The van der Waals surface area contributed by atoms with Crippen molar-refractivity contribution in [1.29, 1.82) is 0 Å². The third-order valence-corrected chi connectivity index (χ3v) is 3.27. The van der Waals surface area contributed by atoms with Crippen LogP contribution < -0.4 is 0 Å². The zero-order chi connectivity index (χ0) is 13.3. The lowest BCUT2D eigenvalue weighted by Gasteiger charge is -2.06. The van der Waals surface area contributed by atoms with Gasteiger partial charge in [0.15, 0.2) is 5.69 Å². The molecular weight excluding hydrogens is 298 g/mol. The minimum atomic E-state index is -0.546. The quantitative estimate of drug-likeness (QED) is 0.462. The predicted octanol–water partition coefficient (Wildman–Crippen LogP) is 4.62. The van der Waals surface area contributed by atoms with Gasteiger partial charge in [0, 0.05) is 11.6 Å². The van der Waals surface area contributed by atoms with E-state index in [2.05, 4.69) is 4.98 Å². The molecule has 4 nitrogen and oxygen atoms in total. The van der Waals surface area contributed by atoms with Gasteiger partial charge >= 0.3 is 0 Å². The largest absolute Gasteiger partial charge is 0.295 e. The third kappa shape index (κ3) is 2.41. The SMILES string of the molecule is O=[N+]([O-])c1ccc(Cl)nc1-c1cccc(Cl)c1Cl. The average Bonchev–Trinajstić information content (AvgIpc) is 2.32. The van der Waals surface area contributed by atoms with Crippen molar-refractivity contribution in [2.45, 2.75) is 0 Å². The summed E-state index contributed by atoms with van der Waals surface area (Å²) in [5.41, 5.74) is 0.293. The topological polar surface area (TPSA) is 56.0 Å². The molecule has 2 rings (SSSR count). The molecule has 0 spiro atoms. The van der Waals surface area contributed by atoms with E-state index in [4.69, 9.17) is 34.8 Å². The fraction of sp³-hybridized carbons (Fsp3) is 0. The van der Waals surface area contributed by atoms with E-state index in [1.807, 2.05) is 0 Å². The first-order valence-electron chi connectivity index (χ1n) is 4.76. The summed E-state index contributed by atoms with van der Waals surface area (Å²) in [5.74, 6) is 0. The molecule has 0 bridgehead atoms. The molecule has 2 aromatic rings. The highest BCUT2D eigenvalue weighted by Gasteiger charge is 2.20. The standard InChI is InChI=1S/C11H5Cl3N2O2/c12-7-3-1-2-6(10(7)14)11-8(16(17)18)4-5-9(13)15-11/h1-5H. The average molecular weight is 304 g/mol. The maximum atomic E-state index is 10.9. The van der Waals surface area contributed by atoms with Crippen molar-refractivity contribution in [3.05, 3.63) is 55.6 Å². The molecule has 0 aliphatic rings. The van der Waals surface area contributed by atoms with E-state index in [1.165, 1.54) is 12.1 Å². The Balaban J connectivity index is 2.73. The van der Waals surface area contributed by atoms with Crippen molar-refractivity contribution >= 4 is 40.5 Å². The van der Waals surface area contributed by atoms with Gasteiger partial charge in [0.2, 0.25) is 0 Å². The van der Waals surface area contributed by atoms with E-state index in [-0.39, 0.29) is 21.6 Å². The first kappa shape index (κ1) is 13.1. The summed E-state index contributed by atoms with van der Waals surface area (Å²) in [6.45, 7) is 0. The molecule has 0 saturated heterocycles. The van der Waals surface area contributed by atoms with Gasteiger partial charge in [-0.05, 0) is 12.1 Å². The minimum Gasteiger partial charge on any atom is -0.258 e. The molecule has 1 aromatic heterocycles. The zero-order valence-corrected chi connectivity index (χ0v) is 11.0. The van der Waals surface area contributed by atoms with Gasteiger partial charge in [-0.1, -0.05) is 46.9 Å². The Morgan fingerprint density at radius 2 is 1.83 bits per heavy atom. The Morgan fingerprint density at radius 1 is 1.11 bits per heavy atom. The molecule has 0 N–H and O–H groups in total. The van der Waals surface area contributed by atoms with Gasteiger partial charge in [-0.2, -0.15) is 0 Å². The number of hydrogen-bond donors (Lipinski definition) is 0. The number of hydrogen-bond acceptors (Lipinski definition) is 3. The van der Waals surface area contributed by atoms with Crippen LogP contribution >= 0.6 is 34.8 Å². The molecule has 1 aromatic carbocycles. The summed E-state index contributed by atoms with van der Waals surface area (Å²) in [6.07, 6.45) is 0. The van der Waals surface area contributed by atoms with Crippen molar-refractivity contribution in [2.75, 3.05) is 0 Å². The Kier molecular flexibility index (Phi) is 3.71. The number of nitrogens with zero attached hydrogens (tertiary/aromatic N) is 2. The van der Waals surface area contributed by atoms with Crippen LogP contribution in [0.4, 0.5) is 5.69 Å². The van der Waals surface area contributed by atoms with Crippen LogP contribution in [-0.2, 0) is 0 Å². The molecule has 0 amide bonds. The van der Waals surface area contributed by atoms with Crippen LogP contribution in [0.15, 0.2) is 30.3 Å². The van der Waals surface area contributed by atoms with Gasteiger partial charge in [0.05, 0.1) is 15.0 Å². The van der Waals surface area contributed by atoms with E-state index in [0.29, 0.717) is 10.6 Å². The van der Waals surface area contributed by atoms with Crippen LogP contribution in [0.3, 0.4) is 0 Å². The fourth-order valence-corrected chi connectivity index (χ4v) is 2.00. The number of rotatable bonds is 2. The van der Waals surface area contributed by atoms with Crippen LogP contribution in [0.2, 0.25) is 15.2 Å². The highest BCUT2D eigenvalue weighted by Crippen LogP contribution is 2.37. The predicted molar refractivity (Wildman–Crippen MR) is 71.4 cm³/mol. The molecular formula is C11H5Cl3N2O2. The second kappa shape index (κ2) is 5.10. The Morgan fingerprint density at radius 3 is 2.50 bits per heavy atom. The molecule has 18 heavy (non-hydrogen) atoms. The summed E-state index contributed by atoms with van der Waals surface area (Å²) >= 11 is 17.6. The van der Waals surface area contributed by atoms with E-state index < -0.39 is 4.92 Å². The molecule has 1 heterocycles. The highest BCUT2D eigenvalue weighted by atomic mass is 35.5. The maximum Gasteiger partial charge on any atom is 0.295 e. The van der Waals surface area contributed by atoms with Crippen molar-refractivity contribution in [3.8, 4) is 11.3 Å². The first-order chi connectivity index (χ1) is 8.50. The molecule has 0 aliphatic heterocycles. The molecule has 0 aliphatic carbocycles. The smallest absolute Gasteiger partial charge is 0.258 e. The van der Waals surface area contributed by atoms with Crippen molar-refractivity contribution in [2.24, 2.45) is 0 Å². The summed E-state index contributed by atoms with van der Waals surface area (Å²) < 4.78 is 0. The zero-order valence-electron chi connectivity index (χ0n) is 8.73. The summed E-state index contributed by atoms with van der Waals surface area (Å²) in [6, 6.07) is 7.45. The molecule has 92 valence electrons. The normalized spacial score (nSPS) is 10.4. The number of benzene rings is 1. The Hall–Kier alpha value is -1.36. The molecule has 0 atom stereocenters. The second-order valence-corrected chi connectivity index (χ2v) is 4.53. The van der Waals surface area contributed by atoms with Gasteiger partial charge in [-0.25, -0.2) is 4.98 Å². The lowest BCUT2D eigenvalue weighted by Crippen LogP contribution is -1.95. The lowest BCUT2D eigenvalue weighted by molar-refractivity contribution is -0.384. The minimum absolute atomic E-state index is 0.0972. The maximum absolute atomic E-state index is 10.9. The Bertz CT molecular complexity index is 632. The lowest BCUT2D eigenvalue weighted by atomic mass is 10.1. The molecule has 0 fully saturated rings. The monoisotopic (exact) mass is 302 g/mol.